The number of alkyl halides is 1. The van der Waals surface area contributed by atoms with E-state index in [1.807, 2.05) is 0 Å². The molecular formula is C13H7Cl2F2I. The van der Waals surface area contributed by atoms with E-state index in [1.54, 1.807) is 18.2 Å². The Morgan fingerprint density at radius 2 is 1.72 bits per heavy atom. The van der Waals surface area contributed by atoms with E-state index in [2.05, 4.69) is 22.6 Å². The predicted octanol–water partition coefficient (Wildman–Crippen LogP) is 5.55. The van der Waals surface area contributed by atoms with Crippen LogP contribution in [-0.2, 0) is 0 Å². The second-order valence-corrected chi connectivity index (χ2v) is 5.73. The van der Waals surface area contributed by atoms with Crippen molar-refractivity contribution in [3.05, 3.63) is 67.8 Å². The molecule has 0 saturated heterocycles. The average molecular weight is 399 g/mol. The highest BCUT2D eigenvalue weighted by Gasteiger charge is 2.18. The zero-order chi connectivity index (χ0) is 13.3. The van der Waals surface area contributed by atoms with Gasteiger partial charge in [-0.15, -0.1) is 11.6 Å². The molecule has 1 unspecified atom stereocenters. The lowest BCUT2D eigenvalue weighted by molar-refractivity contribution is 0.573. The van der Waals surface area contributed by atoms with Crippen molar-refractivity contribution < 1.29 is 8.78 Å². The molecule has 0 aliphatic rings. The fraction of sp³-hybridized carbons (Fsp3) is 0.0769. The van der Waals surface area contributed by atoms with Gasteiger partial charge in [0.15, 0.2) is 0 Å². The summed E-state index contributed by atoms with van der Waals surface area (Å²) in [4.78, 5) is 0. The third-order valence-corrected chi connectivity index (χ3v) is 4.15. The molecule has 0 bridgehead atoms. The molecule has 0 nitrogen and oxygen atoms in total. The van der Waals surface area contributed by atoms with Gasteiger partial charge >= 0.3 is 0 Å². The van der Waals surface area contributed by atoms with Gasteiger partial charge in [0.25, 0.3) is 0 Å². The van der Waals surface area contributed by atoms with Crippen LogP contribution < -0.4 is 0 Å². The number of rotatable bonds is 2. The van der Waals surface area contributed by atoms with Crippen molar-refractivity contribution >= 4 is 45.8 Å². The van der Waals surface area contributed by atoms with Crippen LogP contribution in [0.15, 0.2) is 36.4 Å². The van der Waals surface area contributed by atoms with E-state index in [1.165, 1.54) is 12.1 Å². The molecule has 2 aromatic carbocycles. The number of benzene rings is 2. The summed E-state index contributed by atoms with van der Waals surface area (Å²) in [6.45, 7) is 0. The smallest absolute Gasteiger partial charge is 0.131 e. The van der Waals surface area contributed by atoms with Crippen molar-refractivity contribution in [2.75, 3.05) is 0 Å². The maximum Gasteiger partial charge on any atom is 0.131 e. The standard InChI is InChI=1S/C13H7Cl2F2I/c14-7-1-4-12(18)10(5-7)13(15)9-3-2-8(16)6-11(9)17/h1-6,13H. The predicted molar refractivity (Wildman–Crippen MR) is 78.2 cm³/mol. The molecular weight excluding hydrogens is 392 g/mol. The SMILES string of the molecule is Fc1ccc(C(Cl)c2cc(Cl)ccc2I)c(F)c1. The molecule has 0 radical (unpaired) electrons. The molecule has 0 aliphatic carbocycles. The van der Waals surface area contributed by atoms with Crippen LogP contribution in [0.3, 0.4) is 0 Å². The second-order valence-electron chi connectivity index (χ2n) is 3.69. The first-order valence-electron chi connectivity index (χ1n) is 5.03. The topological polar surface area (TPSA) is 0 Å². The minimum Gasteiger partial charge on any atom is -0.207 e. The van der Waals surface area contributed by atoms with Crippen molar-refractivity contribution in [3.8, 4) is 0 Å². The van der Waals surface area contributed by atoms with Crippen molar-refractivity contribution in [1.82, 2.24) is 0 Å². The Morgan fingerprint density at radius 1 is 1.00 bits per heavy atom. The molecule has 18 heavy (non-hydrogen) atoms. The van der Waals surface area contributed by atoms with Gasteiger partial charge in [0.2, 0.25) is 0 Å². The van der Waals surface area contributed by atoms with Crippen LogP contribution >= 0.6 is 45.8 Å². The molecule has 0 spiro atoms. The van der Waals surface area contributed by atoms with Crippen LogP contribution in [0.4, 0.5) is 8.78 Å². The summed E-state index contributed by atoms with van der Waals surface area (Å²) in [5.41, 5.74) is 0.938. The molecule has 0 aliphatic heterocycles. The number of hydrogen-bond donors (Lipinski definition) is 0. The van der Waals surface area contributed by atoms with Crippen LogP contribution in [0.5, 0.6) is 0 Å². The molecule has 0 heterocycles. The van der Waals surface area contributed by atoms with Gasteiger partial charge in [0.05, 0.1) is 5.38 Å². The fourth-order valence-corrected chi connectivity index (χ4v) is 2.95. The monoisotopic (exact) mass is 398 g/mol. The Kier molecular flexibility index (Phi) is 4.45. The molecule has 2 aromatic rings. The van der Waals surface area contributed by atoms with Crippen LogP contribution in [0, 0.1) is 15.2 Å². The summed E-state index contributed by atoms with van der Waals surface area (Å²) in [7, 11) is 0. The van der Waals surface area contributed by atoms with Crippen LogP contribution in [-0.4, -0.2) is 0 Å². The second kappa shape index (κ2) is 5.72. The van der Waals surface area contributed by atoms with E-state index in [0.717, 1.165) is 9.64 Å². The summed E-state index contributed by atoms with van der Waals surface area (Å²) < 4.78 is 27.4. The highest BCUT2D eigenvalue weighted by molar-refractivity contribution is 14.1. The Labute approximate surface area is 127 Å². The number of halogens is 5. The molecule has 1 atom stereocenters. The summed E-state index contributed by atoms with van der Waals surface area (Å²) in [6.07, 6.45) is 0. The maximum absolute atomic E-state index is 13.7. The van der Waals surface area contributed by atoms with Crippen molar-refractivity contribution in [1.29, 1.82) is 0 Å². The van der Waals surface area contributed by atoms with E-state index < -0.39 is 17.0 Å². The zero-order valence-corrected chi connectivity index (χ0v) is 12.6. The average Bonchev–Trinajstić information content (AvgIpc) is 2.31. The highest BCUT2D eigenvalue weighted by atomic mass is 127. The van der Waals surface area contributed by atoms with Gasteiger partial charge in [-0.2, -0.15) is 0 Å². The van der Waals surface area contributed by atoms with Gasteiger partial charge in [-0.05, 0) is 52.4 Å². The third kappa shape index (κ3) is 2.95. The van der Waals surface area contributed by atoms with Gasteiger partial charge in [0.1, 0.15) is 11.6 Å². The molecule has 0 aromatic heterocycles. The summed E-state index contributed by atoms with van der Waals surface area (Å²) in [6, 6.07) is 8.57. The fourth-order valence-electron chi connectivity index (χ4n) is 1.58. The van der Waals surface area contributed by atoms with Gasteiger partial charge in [-0.3, -0.25) is 0 Å². The summed E-state index contributed by atoms with van der Waals surface area (Å²) in [5.74, 6) is -1.29. The van der Waals surface area contributed by atoms with Gasteiger partial charge in [0, 0.05) is 20.2 Å². The van der Waals surface area contributed by atoms with Crippen LogP contribution in [0.25, 0.3) is 0 Å². The Hall–Kier alpha value is -0.390. The highest BCUT2D eigenvalue weighted by Crippen LogP contribution is 2.34. The van der Waals surface area contributed by atoms with Crippen molar-refractivity contribution in [2.45, 2.75) is 5.38 Å². The Morgan fingerprint density at radius 3 is 2.39 bits per heavy atom. The maximum atomic E-state index is 13.7. The van der Waals surface area contributed by atoms with E-state index in [0.29, 0.717) is 10.6 Å². The first-order valence-corrected chi connectivity index (χ1v) is 6.92. The Balaban J connectivity index is 2.47. The van der Waals surface area contributed by atoms with Crippen molar-refractivity contribution in [3.63, 3.8) is 0 Å². The van der Waals surface area contributed by atoms with E-state index in [9.17, 15) is 8.78 Å². The van der Waals surface area contributed by atoms with E-state index in [-0.39, 0.29) is 5.56 Å². The van der Waals surface area contributed by atoms with Gasteiger partial charge in [-0.1, -0.05) is 17.7 Å². The molecule has 5 heteroatoms. The number of hydrogen-bond acceptors (Lipinski definition) is 0. The Bertz CT molecular complexity index is 587. The summed E-state index contributed by atoms with van der Waals surface area (Å²) >= 11 is 14.2. The van der Waals surface area contributed by atoms with Crippen LogP contribution in [0.1, 0.15) is 16.5 Å². The molecule has 2 rings (SSSR count). The molecule has 0 amide bonds. The summed E-state index contributed by atoms with van der Waals surface area (Å²) in [5, 5.41) is -0.171. The lowest BCUT2D eigenvalue weighted by Crippen LogP contribution is -2.00. The minimum atomic E-state index is -0.698. The molecule has 0 saturated carbocycles. The molecule has 94 valence electrons. The van der Waals surface area contributed by atoms with Crippen molar-refractivity contribution in [2.24, 2.45) is 0 Å². The first kappa shape index (κ1) is 14.0. The largest absolute Gasteiger partial charge is 0.207 e. The zero-order valence-electron chi connectivity index (χ0n) is 8.93. The third-order valence-electron chi connectivity index (χ3n) is 2.47. The van der Waals surface area contributed by atoms with Gasteiger partial charge < -0.3 is 0 Å². The first-order chi connectivity index (χ1) is 8.49. The van der Waals surface area contributed by atoms with Crippen LogP contribution in [0.2, 0.25) is 5.02 Å². The normalized spacial score (nSPS) is 12.5. The lowest BCUT2D eigenvalue weighted by Gasteiger charge is -2.13. The van der Waals surface area contributed by atoms with E-state index in [4.69, 9.17) is 23.2 Å². The van der Waals surface area contributed by atoms with Gasteiger partial charge in [-0.25, -0.2) is 8.78 Å². The quantitative estimate of drug-likeness (QED) is 0.459. The lowest BCUT2D eigenvalue weighted by atomic mass is 10.0. The minimum absolute atomic E-state index is 0.234. The molecule has 0 fully saturated rings. The molecule has 0 N–H and O–H groups in total. The van der Waals surface area contributed by atoms with E-state index >= 15 is 0 Å².